The first kappa shape index (κ1) is 13.2. The number of aryl methyl sites for hydroxylation is 1. The molecule has 1 aromatic carbocycles. The minimum absolute atomic E-state index is 0.311. The van der Waals surface area contributed by atoms with E-state index in [-0.39, 0.29) is 0 Å². The monoisotopic (exact) mass is 248 g/mol. The first-order valence-electron chi connectivity index (χ1n) is 6.86. The highest BCUT2D eigenvalue weighted by atomic mass is 16.5. The van der Waals surface area contributed by atoms with Gasteiger partial charge >= 0.3 is 0 Å². The van der Waals surface area contributed by atoms with Crippen LogP contribution in [0.4, 0.5) is 11.4 Å². The standard InChI is InChI=1S/C15H24N2O/c1-12(2)18-10-9-17(3)14-6-7-15-13(11-14)5-4-8-16-15/h6-7,11-12,16H,4-5,8-10H2,1-3H3. The summed E-state index contributed by atoms with van der Waals surface area (Å²) in [4.78, 5) is 2.26. The number of nitrogens with one attached hydrogen (secondary N) is 1. The van der Waals surface area contributed by atoms with Crippen molar-refractivity contribution in [1.82, 2.24) is 0 Å². The van der Waals surface area contributed by atoms with Gasteiger partial charge in [0, 0.05) is 31.5 Å². The Balaban J connectivity index is 1.95. The summed E-state index contributed by atoms with van der Waals surface area (Å²) in [6.07, 6.45) is 2.73. The minimum Gasteiger partial charge on any atom is -0.385 e. The third kappa shape index (κ3) is 3.39. The first-order chi connectivity index (χ1) is 8.66. The molecule has 0 fully saturated rings. The molecule has 100 valence electrons. The van der Waals surface area contributed by atoms with Crippen molar-refractivity contribution in [3.05, 3.63) is 23.8 Å². The van der Waals surface area contributed by atoms with Crippen molar-refractivity contribution in [1.29, 1.82) is 0 Å². The number of hydrogen-bond donors (Lipinski definition) is 1. The summed E-state index contributed by atoms with van der Waals surface area (Å²) in [7, 11) is 2.13. The molecule has 0 aromatic heterocycles. The fourth-order valence-electron chi connectivity index (χ4n) is 2.25. The second-order valence-corrected chi connectivity index (χ2v) is 5.21. The van der Waals surface area contributed by atoms with E-state index >= 15 is 0 Å². The van der Waals surface area contributed by atoms with Crippen LogP contribution in [0.15, 0.2) is 18.2 Å². The molecule has 0 saturated carbocycles. The van der Waals surface area contributed by atoms with Crippen LogP contribution >= 0.6 is 0 Å². The van der Waals surface area contributed by atoms with Crippen molar-refractivity contribution in [2.24, 2.45) is 0 Å². The molecule has 0 saturated heterocycles. The maximum absolute atomic E-state index is 5.59. The van der Waals surface area contributed by atoms with Gasteiger partial charge in [-0.05, 0) is 50.5 Å². The maximum atomic E-state index is 5.59. The van der Waals surface area contributed by atoms with Crippen molar-refractivity contribution >= 4 is 11.4 Å². The third-order valence-electron chi connectivity index (χ3n) is 3.35. The summed E-state index contributed by atoms with van der Waals surface area (Å²) < 4.78 is 5.59. The van der Waals surface area contributed by atoms with Gasteiger partial charge in [-0.15, -0.1) is 0 Å². The van der Waals surface area contributed by atoms with Gasteiger partial charge in [0.2, 0.25) is 0 Å². The number of fused-ring (bicyclic) bond motifs is 1. The average Bonchev–Trinajstić information content (AvgIpc) is 2.37. The van der Waals surface area contributed by atoms with Gasteiger partial charge in [-0.1, -0.05) is 0 Å². The molecule has 2 rings (SSSR count). The lowest BCUT2D eigenvalue weighted by atomic mass is 10.0. The van der Waals surface area contributed by atoms with E-state index < -0.39 is 0 Å². The Labute approximate surface area is 110 Å². The van der Waals surface area contributed by atoms with Crippen molar-refractivity contribution in [3.63, 3.8) is 0 Å². The van der Waals surface area contributed by atoms with E-state index in [0.29, 0.717) is 6.10 Å². The molecule has 18 heavy (non-hydrogen) atoms. The van der Waals surface area contributed by atoms with E-state index in [1.807, 2.05) is 0 Å². The highest BCUT2D eigenvalue weighted by Crippen LogP contribution is 2.26. The molecule has 0 unspecified atom stereocenters. The average molecular weight is 248 g/mol. The van der Waals surface area contributed by atoms with Crippen LogP contribution in [0.25, 0.3) is 0 Å². The highest BCUT2D eigenvalue weighted by molar-refractivity contribution is 5.61. The van der Waals surface area contributed by atoms with Gasteiger partial charge in [-0.2, -0.15) is 0 Å². The van der Waals surface area contributed by atoms with Gasteiger partial charge < -0.3 is 15.0 Å². The van der Waals surface area contributed by atoms with Crippen LogP contribution in [-0.4, -0.2) is 32.8 Å². The fourth-order valence-corrected chi connectivity index (χ4v) is 2.25. The van der Waals surface area contributed by atoms with Crippen molar-refractivity contribution in [2.45, 2.75) is 32.8 Å². The van der Waals surface area contributed by atoms with Crippen molar-refractivity contribution < 1.29 is 4.74 Å². The van der Waals surface area contributed by atoms with E-state index in [1.165, 1.54) is 29.8 Å². The Morgan fingerprint density at radius 2 is 2.22 bits per heavy atom. The normalized spacial score (nSPS) is 14.2. The summed E-state index contributed by atoms with van der Waals surface area (Å²) in [6.45, 7) is 6.97. The van der Waals surface area contributed by atoms with Gasteiger partial charge in [0.1, 0.15) is 0 Å². The zero-order valence-electron chi connectivity index (χ0n) is 11.7. The number of likely N-dealkylation sites (N-methyl/N-ethyl adjacent to an activating group) is 1. The fraction of sp³-hybridized carbons (Fsp3) is 0.600. The maximum Gasteiger partial charge on any atom is 0.0644 e. The Hall–Kier alpha value is -1.22. The van der Waals surface area contributed by atoms with E-state index in [4.69, 9.17) is 4.74 Å². The Morgan fingerprint density at radius 3 is 3.00 bits per heavy atom. The molecule has 0 amide bonds. The molecule has 1 aliphatic heterocycles. The summed E-state index contributed by atoms with van der Waals surface area (Å²) in [5.41, 5.74) is 4.03. The van der Waals surface area contributed by atoms with E-state index in [2.05, 4.69) is 49.3 Å². The Kier molecular flexibility index (Phi) is 4.48. The van der Waals surface area contributed by atoms with Crippen LogP contribution in [0.5, 0.6) is 0 Å². The van der Waals surface area contributed by atoms with Gasteiger partial charge in [-0.3, -0.25) is 0 Å². The summed E-state index contributed by atoms with van der Waals surface area (Å²) in [5.74, 6) is 0. The second-order valence-electron chi connectivity index (χ2n) is 5.21. The molecule has 1 N–H and O–H groups in total. The number of nitrogens with zero attached hydrogens (tertiary/aromatic N) is 1. The largest absolute Gasteiger partial charge is 0.385 e. The molecule has 0 radical (unpaired) electrons. The second kappa shape index (κ2) is 6.10. The van der Waals surface area contributed by atoms with E-state index in [9.17, 15) is 0 Å². The van der Waals surface area contributed by atoms with Gasteiger partial charge in [-0.25, -0.2) is 0 Å². The van der Waals surface area contributed by atoms with Crippen LogP contribution in [0.2, 0.25) is 0 Å². The molecule has 0 atom stereocenters. The van der Waals surface area contributed by atoms with E-state index in [0.717, 1.165) is 19.7 Å². The molecular weight excluding hydrogens is 224 g/mol. The summed E-state index contributed by atoms with van der Waals surface area (Å²) >= 11 is 0. The topological polar surface area (TPSA) is 24.5 Å². The Morgan fingerprint density at radius 1 is 1.39 bits per heavy atom. The van der Waals surface area contributed by atoms with Crippen LogP contribution < -0.4 is 10.2 Å². The predicted molar refractivity (Wildman–Crippen MR) is 77.6 cm³/mol. The lowest BCUT2D eigenvalue weighted by molar-refractivity contribution is 0.0846. The Bertz CT molecular complexity index is 390. The number of ether oxygens (including phenoxy) is 1. The first-order valence-corrected chi connectivity index (χ1v) is 6.86. The molecule has 0 spiro atoms. The van der Waals surface area contributed by atoms with Crippen LogP contribution in [-0.2, 0) is 11.2 Å². The third-order valence-corrected chi connectivity index (χ3v) is 3.35. The van der Waals surface area contributed by atoms with Gasteiger partial charge in [0.05, 0.1) is 12.7 Å². The quantitative estimate of drug-likeness (QED) is 0.867. The molecule has 0 bridgehead atoms. The number of benzene rings is 1. The smallest absolute Gasteiger partial charge is 0.0644 e. The van der Waals surface area contributed by atoms with Crippen LogP contribution in [0.3, 0.4) is 0 Å². The van der Waals surface area contributed by atoms with Crippen molar-refractivity contribution in [3.8, 4) is 0 Å². The van der Waals surface area contributed by atoms with Gasteiger partial charge in [0.15, 0.2) is 0 Å². The zero-order chi connectivity index (χ0) is 13.0. The number of hydrogen-bond acceptors (Lipinski definition) is 3. The lowest BCUT2D eigenvalue weighted by Gasteiger charge is -2.24. The zero-order valence-corrected chi connectivity index (χ0v) is 11.7. The molecule has 1 aromatic rings. The van der Waals surface area contributed by atoms with Gasteiger partial charge in [0.25, 0.3) is 0 Å². The summed E-state index contributed by atoms with van der Waals surface area (Å²) in [6, 6.07) is 6.69. The highest BCUT2D eigenvalue weighted by Gasteiger charge is 2.10. The minimum atomic E-state index is 0.311. The molecule has 1 heterocycles. The lowest BCUT2D eigenvalue weighted by Crippen LogP contribution is -2.24. The SMILES string of the molecule is CC(C)OCCN(C)c1ccc2c(c1)CCCN2. The molecule has 0 aliphatic carbocycles. The molecule has 3 nitrogen and oxygen atoms in total. The molecular formula is C15H24N2O. The number of anilines is 2. The van der Waals surface area contributed by atoms with Crippen LogP contribution in [0.1, 0.15) is 25.8 Å². The molecule has 3 heteroatoms. The summed E-state index contributed by atoms with van der Waals surface area (Å²) in [5, 5.41) is 3.44. The van der Waals surface area contributed by atoms with Crippen LogP contribution in [0, 0.1) is 0 Å². The predicted octanol–water partition coefficient (Wildman–Crippen LogP) is 2.91. The van der Waals surface area contributed by atoms with E-state index in [1.54, 1.807) is 0 Å². The molecule has 1 aliphatic rings. The van der Waals surface area contributed by atoms with Crippen molar-refractivity contribution in [2.75, 3.05) is 37.0 Å². The number of rotatable bonds is 5.